The Morgan fingerprint density at radius 3 is 2.50 bits per heavy atom. The number of carbonyl (C=O) groups excluding carboxylic acids is 1. The lowest BCUT2D eigenvalue weighted by Crippen LogP contribution is -2.24. The minimum atomic E-state index is -0.594. The molecule has 0 unspecified atom stereocenters. The topological polar surface area (TPSA) is 52.9 Å². The third-order valence-corrected chi connectivity index (χ3v) is 3.86. The van der Waals surface area contributed by atoms with Gasteiger partial charge in [0.2, 0.25) is 5.91 Å². The van der Waals surface area contributed by atoms with Gasteiger partial charge in [0.15, 0.2) is 0 Å². The summed E-state index contributed by atoms with van der Waals surface area (Å²) in [5.74, 6) is -0.706. The van der Waals surface area contributed by atoms with Gasteiger partial charge in [0, 0.05) is 5.92 Å². The van der Waals surface area contributed by atoms with Crippen LogP contribution < -0.4 is 5.32 Å². The van der Waals surface area contributed by atoms with Crippen molar-refractivity contribution in [1.82, 2.24) is 0 Å². The maximum absolute atomic E-state index is 13.5. The molecule has 0 radical (unpaired) electrons. The number of anilines is 1. The van der Waals surface area contributed by atoms with Crippen LogP contribution >= 0.6 is 0 Å². The Labute approximate surface area is 118 Å². The second-order valence-electron chi connectivity index (χ2n) is 5.31. The van der Waals surface area contributed by atoms with Crippen molar-refractivity contribution in [3.05, 3.63) is 29.6 Å². The molecule has 0 atom stereocenters. The molecule has 1 aliphatic carbocycles. The first kappa shape index (κ1) is 14.5. The fraction of sp³-hybridized carbons (Fsp3) is 0.500. The molecule has 1 aliphatic rings. The van der Waals surface area contributed by atoms with E-state index in [2.05, 4.69) is 5.32 Å². The van der Waals surface area contributed by atoms with Crippen LogP contribution in [0.15, 0.2) is 18.2 Å². The van der Waals surface area contributed by atoms with Crippen molar-refractivity contribution < 1.29 is 9.18 Å². The van der Waals surface area contributed by atoms with Gasteiger partial charge in [0.25, 0.3) is 0 Å². The highest BCUT2D eigenvalue weighted by Crippen LogP contribution is 2.25. The second-order valence-corrected chi connectivity index (χ2v) is 5.31. The maximum Gasteiger partial charge on any atom is 0.227 e. The Balaban J connectivity index is 2.07. The summed E-state index contributed by atoms with van der Waals surface area (Å²) < 4.78 is 13.5. The van der Waals surface area contributed by atoms with Gasteiger partial charge in [0.1, 0.15) is 17.4 Å². The van der Waals surface area contributed by atoms with Gasteiger partial charge in [-0.25, -0.2) is 4.39 Å². The van der Waals surface area contributed by atoms with E-state index in [1.54, 1.807) is 12.1 Å². The van der Waals surface area contributed by atoms with Crippen molar-refractivity contribution in [3.63, 3.8) is 0 Å². The molecule has 2 rings (SSSR count). The van der Waals surface area contributed by atoms with E-state index in [9.17, 15) is 9.18 Å². The molecule has 1 N–H and O–H groups in total. The monoisotopic (exact) mass is 274 g/mol. The van der Waals surface area contributed by atoms with Crippen molar-refractivity contribution in [1.29, 1.82) is 5.26 Å². The molecule has 4 heteroatoms. The predicted octanol–water partition coefficient (Wildman–Crippen LogP) is 4.00. The van der Waals surface area contributed by atoms with E-state index in [4.69, 9.17) is 5.26 Å². The summed E-state index contributed by atoms with van der Waals surface area (Å²) in [5, 5.41) is 11.7. The zero-order valence-electron chi connectivity index (χ0n) is 11.5. The summed E-state index contributed by atoms with van der Waals surface area (Å²) in [6.45, 7) is 0. The highest BCUT2D eigenvalue weighted by atomic mass is 19.1. The van der Waals surface area contributed by atoms with Crippen LogP contribution in [0.25, 0.3) is 0 Å². The summed E-state index contributed by atoms with van der Waals surface area (Å²) in [6.07, 6.45) is 7.47. The number of hydrogen-bond acceptors (Lipinski definition) is 2. The molecule has 1 amide bonds. The molecule has 0 bridgehead atoms. The Hall–Kier alpha value is -1.89. The molecule has 1 fully saturated rings. The molecular weight excluding hydrogens is 255 g/mol. The van der Waals surface area contributed by atoms with Crippen LogP contribution in [0, 0.1) is 23.1 Å². The van der Waals surface area contributed by atoms with Crippen molar-refractivity contribution in [2.75, 3.05) is 5.32 Å². The van der Waals surface area contributed by atoms with Crippen LogP contribution in [-0.2, 0) is 4.79 Å². The Bertz CT molecular complexity index is 514. The molecule has 0 saturated heterocycles. The van der Waals surface area contributed by atoms with Crippen molar-refractivity contribution in [3.8, 4) is 6.07 Å². The van der Waals surface area contributed by atoms with E-state index < -0.39 is 5.82 Å². The zero-order chi connectivity index (χ0) is 14.4. The average Bonchev–Trinajstić information content (AvgIpc) is 2.38. The van der Waals surface area contributed by atoms with Crippen LogP contribution in [0.3, 0.4) is 0 Å². The summed E-state index contributed by atoms with van der Waals surface area (Å²) in [4.78, 5) is 12.3. The van der Waals surface area contributed by atoms with E-state index in [1.807, 2.05) is 0 Å². The number of nitriles is 1. The number of nitrogens with zero attached hydrogens (tertiary/aromatic N) is 1. The van der Waals surface area contributed by atoms with E-state index >= 15 is 0 Å². The number of benzene rings is 1. The lowest BCUT2D eigenvalue weighted by atomic mass is 9.90. The average molecular weight is 274 g/mol. The highest BCUT2D eigenvalue weighted by molar-refractivity contribution is 5.93. The van der Waals surface area contributed by atoms with Crippen molar-refractivity contribution in [2.24, 2.45) is 5.92 Å². The number of hydrogen-bond donors (Lipinski definition) is 1. The summed E-state index contributed by atoms with van der Waals surface area (Å²) in [7, 11) is 0. The normalized spacial score (nSPS) is 16.8. The molecule has 1 aromatic rings. The molecule has 20 heavy (non-hydrogen) atoms. The molecule has 106 valence electrons. The highest BCUT2D eigenvalue weighted by Gasteiger charge is 2.20. The molecule has 0 spiro atoms. The van der Waals surface area contributed by atoms with E-state index in [0.717, 1.165) is 25.7 Å². The Kier molecular flexibility index (Phi) is 5.11. The third-order valence-electron chi connectivity index (χ3n) is 3.86. The first-order valence-electron chi connectivity index (χ1n) is 7.22. The number of amides is 1. The third kappa shape index (κ3) is 3.57. The molecule has 0 heterocycles. The molecular formula is C16H19FN2O. The van der Waals surface area contributed by atoms with Gasteiger partial charge in [-0.2, -0.15) is 5.26 Å². The quantitative estimate of drug-likeness (QED) is 0.886. The smallest absolute Gasteiger partial charge is 0.227 e. The molecule has 1 aromatic carbocycles. The number of halogens is 1. The first-order chi connectivity index (χ1) is 9.72. The van der Waals surface area contributed by atoms with Crippen LogP contribution in [0.1, 0.15) is 50.5 Å². The largest absolute Gasteiger partial charge is 0.325 e. The fourth-order valence-electron chi connectivity index (χ4n) is 2.70. The minimum Gasteiger partial charge on any atom is -0.325 e. The van der Waals surface area contributed by atoms with Gasteiger partial charge in [-0.3, -0.25) is 4.79 Å². The van der Waals surface area contributed by atoms with Crippen molar-refractivity contribution in [2.45, 2.75) is 44.9 Å². The van der Waals surface area contributed by atoms with Gasteiger partial charge in [-0.1, -0.05) is 38.2 Å². The van der Waals surface area contributed by atoms with Crippen molar-refractivity contribution >= 4 is 11.6 Å². The standard InChI is InChI=1S/C16H19FN2O/c17-14-9-6-10-15(13(14)11-18)19-16(20)12-7-4-2-1-3-5-8-12/h6,9-10,12H,1-5,7-8H2,(H,19,20). The summed E-state index contributed by atoms with van der Waals surface area (Å²) >= 11 is 0. The van der Waals surface area contributed by atoms with Gasteiger partial charge in [-0.05, 0) is 25.0 Å². The Morgan fingerprint density at radius 2 is 1.85 bits per heavy atom. The van der Waals surface area contributed by atoms with Crippen LogP contribution in [-0.4, -0.2) is 5.91 Å². The molecule has 1 saturated carbocycles. The van der Waals surface area contributed by atoms with Crippen LogP contribution in [0.2, 0.25) is 0 Å². The lowest BCUT2D eigenvalue weighted by molar-refractivity contribution is -0.120. The number of nitrogens with one attached hydrogen (secondary N) is 1. The molecule has 0 aromatic heterocycles. The Morgan fingerprint density at radius 1 is 1.20 bits per heavy atom. The lowest BCUT2D eigenvalue weighted by Gasteiger charge is -2.19. The fourth-order valence-corrected chi connectivity index (χ4v) is 2.70. The second kappa shape index (κ2) is 7.04. The zero-order valence-corrected chi connectivity index (χ0v) is 11.5. The first-order valence-corrected chi connectivity index (χ1v) is 7.22. The minimum absolute atomic E-state index is 0.0230. The summed E-state index contributed by atoms with van der Waals surface area (Å²) in [6, 6.07) is 6.11. The van der Waals surface area contributed by atoms with Gasteiger partial charge >= 0.3 is 0 Å². The van der Waals surface area contributed by atoms with Gasteiger partial charge < -0.3 is 5.32 Å². The predicted molar refractivity (Wildman–Crippen MR) is 75.6 cm³/mol. The summed E-state index contributed by atoms with van der Waals surface area (Å²) in [5.41, 5.74) is 0.186. The SMILES string of the molecule is N#Cc1c(F)cccc1NC(=O)C1CCCCCCC1. The van der Waals surface area contributed by atoms with E-state index in [1.165, 1.54) is 31.4 Å². The van der Waals surface area contributed by atoms with Gasteiger partial charge in [-0.15, -0.1) is 0 Å². The van der Waals surface area contributed by atoms with Crippen LogP contribution in [0.5, 0.6) is 0 Å². The van der Waals surface area contributed by atoms with E-state index in [-0.39, 0.29) is 23.1 Å². The number of rotatable bonds is 2. The molecule has 3 nitrogen and oxygen atoms in total. The van der Waals surface area contributed by atoms with Crippen LogP contribution in [0.4, 0.5) is 10.1 Å². The molecule has 0 aliphatic heterocycles. The van der Waals surface area contributed by atoms with E-state index in [0.29, 0.717) is 0 Å². The maximum atomic E-state index is 13.5. The number of carbonyl (C=O) groups is 1. The van der Waals surface area contributed by atoms with Gasteiger partial charge in [0.05, 0.1) is 5.69 Å².